The Labute approximate surface area is 187 Å². The van der Waals surface area contributed by atoms with Gasteiger partial charge in [-0.05, 0) is 57.9 Å². The molecule has 1 amide bonds. The number of amides is 1. The Hall–Kier alpha value is -3.40. The van der Waals surface area contributed by atoms with E-state index in [2.05, 4.69) is 51.3 Å². The number of unbranched alkanes of at least 4 members (excludes halogenated alkanes) is 3. The van der Waals surface area contributed by atoms with Gasteiger partial charge in [0.2, 0.25) is 11.9 Å². The van der Waals surface area contributed by atoms with Crippen molar-refractivity contribution < 1.29 is 14.7 Å². The number of hydrogen-bond acceptors (Lipinski definition) is 8. The minimum atomic E-state index is -0.341. The van der Waals surface area contributed by atoms with Crippen molar-refractivity contribution in [3.63, 3.8) is 0 Å². The lowest BCUT2D eigenvalue weighted by molar-refractivity contribution is -0.129. The topological polar surface area (TPSA) is 137 Å². The summed E-state index contributed by atoms with van der Waals surface area (Å²) in [4.78, 5) is 27.4. The smallest absolute Gasteiger partial charge is 0.243 e. The Morgan fingerprint density at radius 1 is 1.09 bits per heavy atom. The van der Waals surface area contributed by atoms with Gasteiger partial charge in [-0.15, -0.1) is 0 Å². The fourth-order valence-corrected chi connectivity index (χ4v) is 3.09. The molecule has 0 unspecified atom stereocenters. The normalized spacial score (nSPS) is 11.4. The summed E-state index contributed by atoms with van der Waals surface area (Å²) in [6.07, 6.45) is 5.50. The first-order valence-corrected chi connectivity index (χ1v) is 10.8. The Bertz CT molecular complexity index is 1010. The third-order valence-electron chi connectivity index (χ3n) is 4.58. The zero-order valence-corrected chi connectivity index (χ0v) is 18.7. The Morgan fingerprint density at radius 3 is 2.56 bits per heavy atom. The molecule has 3 rings (SSSR count). The van der Waals surface area contributed by atoms with Gasteiger partial charge in [0.1, 0.15) is 11.3 Å². The van der Waals surface area contributed by atoms with Gasteiger partial charge >= 0.3 is 0 Å². The highest BCUT2D eigenvalue weighted by molar-refractivity contribution is 5.84. The number of ether oxygens (including phenoxy) is 1. The van der Waals surface area contributed by atoms with Crippen LogP contribution in [0.15, 0.2) is 30.6 Å². The van der Waals surface area contributed by atoms with Gasteiger partial charge in [-0.25, -0.2) is 10.5 Å². The van der Waals surface area contributed by atoms with Gasteiger partial charge < -0.3 is 20.4 Å². The molecule has 0 spiro atoms. The molecule has 0 aliphatic heterocycles. The summed E-state index contributed by atoms with van der Waals surface area (Å²) in [5.74, 6) is 1.60. The van der Waals surface area contributed by atoms with Crippen LogP contribution in [0.25, 0.3) is 11.2 Å². The maximum atomic E-state index is 10.9. The second-order valence-electron chi connectivity index (χ2n) is 8.57. The number of rotatable bonds is 11. The van der Waals surface area contributed by atoms with Gasteiger partial charge in [-0.2, -0.15) is 9.97 Å². The van der Waals surface area contributed by atoms with Crippen molar-refractivity contribution in [2.75, 3.05) is 17.2 Å². The molecule has 0 atom stereocenters. The number of aromatic amines is 1. The molecule has 0 bridgehead atoms. The van der Waals surface area contributed by atoms with Crippen LogP contribution in [0.4, 0.5) is 17.5 Å². The van der Waals surface area contributed by atoms with E-state index in [1.54, 1.807) is 11.8 Å². The zero-order valence-electron chi connectivity index (χ0n) is 18.7. The number of carbonyl (C=O) groups is 1. The lowest BCUT2D eigenvalue weighted by Crippen LogP contribution is -2.27. The second kappa shape index (κ2) is 10.8. The predicted octanol–water partition coefficient (Wildman–Crippen LogP) is 4.14. The quantitative estimate of drug-likeness (QED) is 0.170. The van der Waals surface area contributed by atoms with Crippen LogP contribution < -0.4 is 20.9 Å². The molecule has 0 aliphatic carbocycles. The maximum Gasteiger partial charge on any atom is 0.243 e. The molecular weight excluding hydrogens is 410 g/mol. The summed E-state index contributed by atoms with van der Waals surface area (Å²) in [6.45, 7) is 6.82. The number of anilines is 3. The predicted molar refractivity (Wildman–Crippen MR) is 123 cm³/mol. The number of imidazole rings is 1. The zero-order chi connectivity index (χ0) is 23.0. The van der Waals surface area contributed by atoms with E-state index >= 15 is 0 Å². The van der Waals surface area contributed by atoms with Gasteiger partial charge in [0, 0.05) is 17.6 Å². The molecular formula is C22H31N7O3. The van der Waals surface area contributed by atoms with E-state index in [1.165, 1.54) is 0 Å². The fraction of sp³-hybridized carbons (Fsp3) is 0.455. The maximum absolute atomic E-state index is 10.9. The summed E-state index contributed by atoms with van der Waals surface area (Å²) >= 11 is 0. The van der Waals surface area contributed by atoms with Gasteiger partial charge in [0.15, 0.2) is 11.5 Å². The molecule has 0 radical (unpaired) electrons. The Morgan fingerprint density at radius 2 is 1.84 bits per heavy atom. The van der Waals surface area contributed by atoms with E-state index < -0.39 is 0 Å². The number of carbonyl (C=O) groups excluding carboxylic acids is 1. The molecule has 0 fully saturated rings. The SMILES string of the molecule is CC(C)(C)Nc1nc(Nc2ccc(OCCCCCCC(=O)NO)cc2)nc2nc[nH]c12. The van der Waals surface area contributed by atoms with Gasteiger partial charge in [-0.3, -0.25) is 10.0 Å². The van der Waals surface area contributed by atoms with Gasteiger partial charge in [0.25, 0.3) is 0 Å². The van der Waals surface area contributed by atoms with Crippen molar-refractivity contribution in [3.8, 4) is 5.75 Å². The van der Waals surface area contributed by atoms with Crippen molar-refractivity contribution in [2.24, 2.45) is 0 Å². The summed E-state index contributed by atoms with van der Waals surface area (Å²) in [5.41, 5.74) is 3.69. The van der Waals surface area contributed by atoms with Crippen LogP contribution in [0, 0.1) is 0 Å². The number of aromatic nitrogens is 4. The van der Waals surface area contributed by atoms with E-state index in [-0.39, 0.29) is 11.4 Å². The average Bonchev–Trinajstić information content (AvgIpc) is 3.22. The lowest BCUT2D eigenvalue weighted by Gasteiger charge is -2.21. The highest BCUT2D eigenvalue weighted by Gasteiger charge is 2.16. The van der Waals surface area contributed by atoms with E-state index in [0.29, 0.717) is 30.4 Å². The summed E-state index contributed by atoms with van der Waals surface area (Å²) in [7, 11) is 0. The third-order valence-corrected chi connectivity index (χ3v) is 4.58. The van der Waals surface area contributed by atoms with Crippen LogP contribution in [-0.4, -0.2) is 43.2 Å². The fourth-order valence-electron chi connectivity index (χ4n) is 3.09. The first-order chi connectivity index (χ1) is 15.3. The standard InChI is InChI=1S/C22H31N7O3/c1-22(2,3)28-20-18-19(24-14-23-18)26-21(27-20)25-15-9-11-16(12-10-15)32-13-7-5-4-6-8-17(30)29-31/h9-12,14,31H,4-8,13H2,1-3H3,(H,29,30)(H3,23,24,25,26,27,28). The molecule has 10 heteroatoms. The number of hydroxylamine groups is 1. The third kappa shape index (κ3) is 7.09. The van der Waals surface area contributed by atoms with Crippen LogP contribution >= 0.6 is 0 Å². The second-order valence-corrected chi connectivity index (χ2v) is 8.57. The van der Waals surface area contributed by atoms with Crippen molar-refractivity contribution in [3.05, 3.63) is 30.6 Å². The van der Waals surface area contributed by atoms with Crippen molar-refractivity contribution in [2.45, 2.75) is 58.4 Å². The lowest BCUT2D eigenvalue weighted by atomic mass is 10.1. The highest BCUT2D eigenvalue weighted by Crippen LogP contribution is 2.24. The molecule has 0 saturated heterocycles. The van der Waals surface area contributed by atoms with Crippen LogP contribution in [0.1, 0.15) is 52.9 Å². The van der Waals surface area contributed by atoms with Crippen LogP contribution in [0.5, 0.6) is 5.75 Å². The van der Waals surface area contributed by atoms with Gasteiger partial charge in [-0.1, -0.05) is 12.8 Å². The molecule has 1 aromatic carbocycles. The number of H-pyrrole nitrogens is 1. The van der Waals surface area contributed by atoms with Crippen LogP contribution in [0.2, 0.25) is 0 Å². The number of benzene rings is 1. The van der Waals surface area contributed by atoms with E-state index in [4.69, 9.17) is 9.94 Å². The minimum Gasteiger partial charge on any atom is -0.494 e. The van der Waals surface area contributed by atoms with Gasteiger partial charge in [0.05, 0.1) is 12.9 Å². The van der Waals surface area contributed by atoms with E-state index in [1.807, 2.05) is 24.3 Å². The molecule has 32 heavy (non-hydrogen) atoms. The molecule has 3 aromatic rings. The van der Waals surface area contributed by atoms with Crippen LogP contribution in [0.3, 0.4) is 0 Å². The van der Waals surface area contributed by atoms with Crippen molar-refractivity contribution in [1.29, 1.82) is 0 Å². The largest absolute Gasteiger partial charge is 0.494 e. The highest BCUT2D eigenvalue weighted by atomic mass is 16.5. The average molecular weight is 442 g/mol. The van der Waals surface area contributed by atoms with E-state index in [0.717, 1.165) is 42.6 Å². The number of hydrogen-bond donors (Lipinski definition) is 5. The summed E-state index contributed by atoms with van der Waals surface area (Å²) < 4.78 is 5.78. The van der Waals surface area contributed by atoms with Crippen LogP contribution in [-0.2, 0) is 4.79 Å². The number of fused-ring (bicyclic) bond motifs is 1. The minimum absolute atomic E-state index is 0.156. The van der Waals surface area contributed by atoms with E-state index in [9.17, 15) is 4.79 Å². The summed E-state index contributed by atoms with van der Waals surface area (Å²) in [5, 5.41) is 15.1. The summed E-state index contributed by atoms with van der Waals surface area (Å²) in [6, 6.07) is 7.63. The molecule has 172 valence electrons. The van der Waals surface area contributed by atoms with Crippen molar-refractivity contribution in [1.82, 2.24) is 25.4 Å². The first-order valence-electron chi connectivity index (χ1n) is 10.8. The molecule has 0 saturated carbocycles. The molecule has 5 N–H and O–H groups in total. The monoisotopic (exact) mass is 441 g/mol. The Balaban J connectivity index is 1.50. The molecule has 10 nitrogen and oxygen atoms in total. The first kappa shape index (κ1) is 23.3. The number of nitrogens with zero attached hydrogens (tertiary/aromatic N) is 3. The molecule has 0 aliphatic rings. The van der Waals surface area contributed by atoms with Crippen molar-refractivity contribution >= 4 is 34.5 Å². The molecule has 2 heterocycles. The Kier molecular flexibility index (Phi) is 7.82. The molecule has 2 aromatic heterocycles. The number of nitrogens with one attached hydrogen (secondary N) is 4.